The summed E-state index contributed by atoms with van der Waals surface area (Å²) in [5, 5.41) is 30.5. The second-order valence-electron chi connectivity index (χ2n) is 6.21. The van der Waals surface area contributed by atoms with Crippen LogP contribution in [0.4, 0.5) is 5.82 Å². The van der Waals surface area contributed by atoms with Gasteiger partial charge in [-0.25, -0.2) is 9.97 Å². The molecule has 11 heteroatoms. The summed E-state index contributed by atoms with van der Waals surface area (Å²) in [5.74, 6) is 0.0972. The van der Waals surface area contributed by atoms with Crippen LogP contribution in [0.15, 0.2) is 54.9 Å². The van der Waals surface area contributed by atoms with Gasteiger partial charge < -0.3 is 21.1 Å². The largest absolute Gasteiger partial charge is 0.493 e. The highest BCUT2D eigenvalue weighted by molar-refractivity contribution is 6.60. The van der Waals surface area contributed by atoms with Gasteiger partial charge in [0.25, 0.3) is 5.91 Å². The van der Waals surface area contributed by atoms with Crippen molar-refractivity contribution in [3.8, 4) is 11.6 Å². The van der Waals surface area contributed by atoms with E-state index in [2.05, 4.69) is 25.5 Å². The van der Waals surface area contributed by atoms with Crippen molar-refractivity contribution in [3.63, 3.8) is 0 Å². The molecule has 5 N–H and O–H groups in total. The maximum atomic E-state index is 11.6. The molecule has 1 aromatic carbocycles. The molecular formula is C18H16BN7O3. The van der Waals surface area contributed by atoms with Crippen molar-refractivity contribution in [3.05, 3.63) is 66.0 Å². The molecule has 0 saturated heterocycles. The highest BCUT2D eigenvalue weighted by Crippen LogP contribution is 2.18. The van der Waals surface area contributed by atoms with Crippen molar-refractivity contribution in [2.45, 2.75) is 6.54 Å². The van der Waals surface area contributed by atoms with Crippen molar-refractivity contribution in [2.75, 3.05) is 5.32 Å². The van der Waals surface area contributed by atoms with Crippen LogP contribution in [0.25, 0.3) is 17.3 Å². The van der Waals surface area contributed by atoms with Crippen LogP contribution in [0, 0.1) is 0 Å². The standard InChI is InChI=1S/C18H16BN7O3/c20-14(27)12-7-4-8-26-17(12)24-25-18(26)16-22-10-13(19(28)29)15(23-16)21-9-11-5-2-1-3-6-11/h1-8,10,28-29H,9H2,(H2,20,27)(H,21,22,23). The molecule has 29 heavy (non-hydrogen) atoms. The number of rotatable bonds is 6. The Hall–Kier alpha value is -3.83. The first-order valence-corrected chi connectivity index (χ1v) is 8.69. The number of nitrogens with one attached hydrogen (secondary N) is 1. The van der Waals surface area contributed by atoms with Crippen molar-refractivity contribution in [1.82, 2.24) is 24.6 Å². The lowest BCUT2D eigenvalue weighted by Crippen LogP contribution is -2.34. The molecule has 0 radical (unpaired) electrons. The van der Waals surface area contributed by atoms with E-state index in [-0.39, 0.29) is 34.1 Å². The Morgan fingerprint density at radius 2 is 1.93 bits per heavy atom. The highest BCUT2D eigenvalue weighted by atomic mass is 16.4. The molecule has 3 heterocycles. The molecule has 0 saturated carbocycles. The van der Waals surface area contributed by atoms with Gasteiger partial charge in [0.15, 0.2) is 11.5 Å². The Morgan fingerprint density at radius 3 is 2.66 bits per heavy atom. The summed E-state index contributed by atoms with van der Waals surface area (Å²) in [5.41, 5.74) is 7.00. The van der Waals surface area contributed by atoms with Gasteiger partial charge in [-0.05, 0) is 17.7 Å². The minimum absolute atomic E-state index is 0.122. The second-order valence-corrected chi connectivity index (χ2v) is 6.21. The van der Waals surface area contributed by atoms with Gasteiger partial charge in [0, 0.05) is 24.4 Å². The summed E-state index contributed by atoms with van der Waals surface area (Å²) in [7, 11) is -1.75. The zero-order chi connectivity index (χ0) is 20.4. The van der Waals surface area contributed by atoms with Gasteiger partial charge in [0.1, 0.15) is 5.82 Å². The molecule has 0 aliphatic rings. The second kappa shape index (κ2) is 7.66. The number of aromatic nitrogens is 5. The highest BCUT2D eigenvalue weighted by Gasteiger charge is 2.21. The summed E-state index contributed by atoms with van der Waals surface area (Å²) >= 11 is 0. The summed E-state index contributed by atoms with van der Waals surface area (Å²) in [4.78, 5) is 20.2. The van der Waals surface area contributed by atoms with Gasteiger partial charge in [0.05, 0.1) is 5.56 Å². The van der Waals surface area contributed by atoms with E-state index < -0.39 is 13.0 Å². The smallest absolute Gasteiger partial charge is 0.423 e. The molecule has 0 atom stereocenters. The average molecular weight is 389 g/mol. The molecule has 0 bridgehead atoms. The molecule has 0 aliphatic carbocycles. The van der Waals surface area contributed by atoms with Crippen molar-refractivity contribution < 1.29 is 14.8 Å². The Bertz CT molecular complexity index is 1180. The van der Waals surface area contributed by atoms with Crippen LogP contribution < -0.4 is 16.5 Å². The van der Waals surface area contributed by atoms with Gasteiger partial charge in [-0.3, -0.25) is 9.20 Å². The molecule has 0 fully saturated rings. The number of nitrogens with zero attached hydrogens (tertiary/aromatic N) is 5. The fourth-order valence-electron chi connectivity index (χ4n) is 2.87. The lowest BCUT2D eigenvalue weighted by atomic mass is 9.81. The zero-order valence-corrected chi connectivity index (χ0v) is 15.1. The van der Waals surface area contributed by atoms with Crippen molar-refractivity contribution in [2.24, 2.45) is 5.73 Å². The maximum Gasteiger partial charge on any atom is 0.493 e. The molecule has 4 rings (SSSR count). The summed E-state index contributed by atoms with van der Waals surface area (Å²) in [6.45, 7) is 0.420. The van der Waals surface area contributed by atoms with Crippen LogP contribution in [0.5, 0.6) is 0 Å². The fraction of sp³-hybridized carbons (Fsp3) is 0.0556. The Kier molecular flexibility index (Phi) is 4.89. The first kappa shape index (κ1) is 18.5. The number of nitrogens with two attached hydrogens (primary N) is 1. The molecule has 0 spiro atoms. The molecule has 4 aromatic rings. The molecule has 1 amide bonds. The number of carbonyl (C=O) groups excluding carboxylic acids is 1. The number of fused-ring (bicyclic) bond motifs is 1. The predicted molar refractivity (Wildman–Crippen MR) is 106 cm³/mol. The number of benzene rings is 1. The molecular weight excluding hydrogens is 373 g/mol. The number of hydrogen-bond donors (Lipinski definition) is 4. The van der Waals surface area contributed by atoms with E-state index in [1.807, 2.05) is 30.3 Å². The van der Waals surface area contributed by atoms with Crippen molar-refractivity contribution >= 4 is 30.0 Å². The summed E-state index contributed by atoms with van der Waals surface area (Å²) < 4.78 is 1.55. The lowest BCUT2D eigenvalue weighted by molar-refractivity contribution is 0.100. The van der Waals surface area contributed by atoms with Gasteiger partial charge in [-0.1, -0.05) is 30.3 Å². The Morgan fingerprint density at radius 1 is 1.14 bits per heavy atom. The number of pyridine rings is 1. The molecule has 3 aromatic heterocycles. The lowest BCUT2D eigenvalue weighted by Gasteiger charge is -2.11. The molecule has 0 unspecified atom stereocenters. The minimum atomic E-state index is -1.75. The first-order valence-electron chi connectivity index (χ1n) is 8.69. The third-order valence-electron chi connectivity index (χ3n) is 4.30. The number of amides is 1. The van der Waals surface area contributed by atoms with Gasteiger partial charge in [-0.2, -0.15) is 0 Å². The third kappa shape index (κ3) is 3.64. The van der Waals surface area contributed by atoms with E-state index in [1.54, 1.807) is 22.7 Å². The van der Waals surface area contributed by atoms with Gasteiger partial charge >= 0.3 is 7.12 Å². The van der Waals surface area contributed by atoms with Crippen LogP contribution in [0.2, 0.25) is 0 Å². The van der Waals surface area contributed by atoms with Crippen LogP contribution in [-0.4, -0.2) is 47.6 Å². The summed E-state index contributed by atoms with van der Waals surface area (Å²) in [6.07, 6.45) is 2.96. The zero-order valence-electron chi connectivity index (χ0n) is 15.1. The van der Waals surface area contributed by atoms with E-state index in [4.69, 9.17) is 5.73 Å². The normalized spacial score (nSPS) is 10.8. The third-order valence-corrected chi connectivity index (χ3v) is 4.30. The first-order chi connectivity index (χ1) is 14.0. The van der Waals surface area contributed by atoms with Gasteiger partial charge in [-0.15, -0.1) is 10.2 Å². The Balaban J connectivity index is 1.74. The fourth-order valence-corrected chi connectivity index (χ4v) is 2.87. The quantitative estimate of drug-likeness (QED) is 0.325. The van der Waals surface area contributed by atoms with Crippen molar-refractivity contribution in [1.29, 1.82) is 0 Å². The van der Waals surface area contributed by atoms with Crippen LogP contribution >= 0.6 is 0 Å². The number of primary amides is 1. The monoisotopic (exact) mass is 389 g/mol. The van der Waals surface area contributed by atoms with E-state index in [0.717, 1.165) is 5.56 Å². The van der Waals surface area contributed by atoms with E-state index in [9.17, 15) is 14.8 Å². The maximum absolute atomic E-state index is 11.6. The van der Waals surface area contributed by atoms with Crippen LogP contribution in [0.1, 0.15) is 15.9 Å². The number of hydrogen-bond acceptors (Lipinski definition) is 8. The SMILES string of the molecule is NC(=O)c1cccn2c(-c3ncc(B(O)O)c(NCc4ccccc4)n3)nnc12. The average Bonchev–Trinajstić information content (AvgIpc) is 3.16. The van der Waals surface area contributed by atoms with E-state index >= 15 is 0 Å². The minimum Gasteiger partial charge on any atom is -0.423 e. The molecule has 144 valence electrons. The van der Waals surface area contributed by atoms with Crippen LogP contribution in [0.3, 0.4) is 0 Å². The molecule has 10 nitrogen and oxygen atoms in total. The van der Waals surface area contributed by atoms with E-state index in [0.29, 0.717) is 6.54 Å². The number of carbonyl (C=O) groups is 1. The van der Waals surface area contributed by atoms with Gasteiger partial charge in [0.2, 0.25) is 5.82 Å². The van der Waals surface area contributed by atoms with Crippen LogP contribution in [-0.2, 0) is 6.54 Å². The molecule has 0 aliphatic heterocycles. The summed E-state index contributed by atoms with van der Waals surface area (Å²) in [6, 6.07) is 12.8. The Labute approximate surface area is 165 Å². The predicted octanol–water partition coefficient (Wildman–Crippen LogP) is -0.423. The van der Waals surface area contributed by atoms with E-state index in [1.165, 1.54) is 6.20 Å². The number of anilines is 1. The topological polar surface area (TPSA) is 152 Å².